The number of carboxylic acids is 1. The molecule has 0 fully saturated rings. The number of benzene rings is 1. The summed E-state index contributed by atoms with van der Waals surface area (Å²) < 4.78 is 37.9. The van der Waals surface area contributed by atoms with Crippen LogP contribution in [0.4, 0.5) is 10.1 Å². The van der Waals surface area contributed by atoms with Crippen LogP contribution in [0.15, 0.2) is 18.2 Å². The second kappa shape index (κ2) is 5.13. The number of aryl methyl sites for hydroxylation is 1. The van der Waals surface area contributed by atoms with Gasteiger partial charge in [-0.25, -0.2) is 12.8 Å². The van der Waals surface area contributed by atoms with Crippen molar-refractivity contribution in [2.75, 3.05) is 10.5 Å². The molecule has 0 aromatic heterocycles. The molecule has 7 heteroatoms. The van der Waals surface area contributed by atoms with Crippen LogP contribution in [0.5, 0.6) is 0 Å². The summed E-state index contributed by atoms with van der Waals surface area (Å²) in [5, 5.41) is 8.39. The molecule has 0 bridgehead atoms. The summed E-state index contributed by atoms with van der Waals surface area (Å²) in [6, 6.07) is 3.61. The fourth-order valence-electron chi connectivity index (χ4n) is 1.18. The Morgan fingerprint density at radius 3 is 2.65 bits per heavy atom. The number of aliphatic carboxylic acids is 1. The quantitative estimate of drug-likeness (QED) is 0.838. The zero-order valence-corrected chi connectivity index (χ0v) is 9.92. The molecule has 94 valence electrons. The summed E-state index contributed by atoms with van der Waals surface area (Å²) in [6.45, 7) is 1.55. The van der Waals surface area contributed by atoms with Crippen molar-refractivity contribution in [2.24, 2.45) is 0 Å². The standard InChI is InChI=1S/C10H12FNO4S/c1-7-6-8(11)2-3-9(7)12-17(15,16)5-4-10(13)14/h2-3,6,12H,4-5H2,1H3,(H,13,14). The second-order valence-corrected chi connectivity index (χ2v) is 5.37. The highest BCUT2D eigenvalue weighted by Crippen LogP contribution is 2.17. The Hall–Kier alpha value is -1.63. The summed E-state index contributed by atoms with van der Waals surface area (Å²) in [4.78, 5) is 10.3. The molecule has 0 atom stereocenters. The third-order valence-electron chi connectivity index (χ3n) is 2.04. The maximum absolute atomic E-state index is 12.8. The first kappa shape index (κ1) is 13.4. The molecule has 0 saturated heterocycles. The molecule has 0 spiro atoms. The number of sulfonamides is 1. The van der Waals surface area contributed by atoms with Gasteiger partial charge in [-0.3, -0.25) is 9.52 Å². The lowest BCUT2D eigenvalue weighted by atomic mass is 10.2. The summed E-state index contributed by atoms with van der Waals surface area (Å²) in [5.74, 6) is -2.17. The van der Waals surface area contributed by atoms with Gasteiger partial charge in [0.15, 0.2) is 0 Å². The van der Waals surface area contributed by atoms with E-state index in [1.54, 1.807) is 6.92 Å². The van der Waals surface area contributed by atoms with E-state index >= 15 is 0 Å². The highest BCUT2D eigenvalue weighted by molar-refractivity contribution is 7.92. The molecule has 0 aliphatic rings. The zero-order valence-electron chi connectivity index (χ0n) is 9.10. The van der Waals surface area contributed by atoms with Gasteiger partial charge in [0.05, 0.1) is 17.9 Å². The molecule has 5 nitrogen and oxygen atoms in total. The van der Waals surface area contributed by atoms with E-state index in [0.717, 1.165) is 6.07 Å². The Morgan fingerprint density at radius 2 is 2.12 bits per heavy atom. The lowest BCUT2D eigenvalue weighted by Crippen LogP contribution is -2.19. The van der Waals surface area contributed by atoms with Crippen LogP contribution >= 0.6 is 0 Å². The topological polar surface area (TPSA) is 83.5 Å². The first-order chi connectivity index (χ1) is 7.80. The van der Waals surface area contributed by atoms with Gasteiger partial charge in [-0.2, -0.15) is 0 Å². The van der Waals surface area contributed by atoms with E-state index in [1.165, 1.54) is 12.1 Å². The number of hydrogen-bond donors (Lipinski definition) is 2. The highest BCUT2D eigenvalue weighted by Gasteiger charge is 2.14. The van der Waals surface area contributed by atoms with Gasteiger partial charge in [0.2, 0.25) is 10.0 Å². The van der Waals surface area contributed by atoms with Gasteiger partial charge in [-0.1, -0.05) is 0 Å². The fraction of sp³-hybridized carbons (Fsp3) is 0.300. The lowest BCUT2D eigenvalue weighted by molar-refractivity contribution is -0.136. The monoisotopic (exact) mass is 261 g/mol. The molecule has 0 unspecified atom stereocenters. The Kier molecular flexibility index (Phi) is 4.06. The third kappa shape index (κ3) is 4.39. The van der Waals surface area contributed by atoms with Gasteiger partial charge in [0, 0.05) is 0 Å². The lowest BCUT2D eigenvalue weighted by Gasteiger charge is -2.09. The normalized spacial score (nSPS) is 11.2. The average molecular weight is 261 g/mol. The van der Waals surface area contributed by atoms with Crippen molar-refractivity contribution in [3.8, 4) is 0 Å². The summed E-state index contributed by atoms with van der Waals surface area (Å²) in [5.41, 5.74) is 0.681. The van der Waals surface area contributed by atoms with Crippen molar-refractivity contribution < 1.29 is 22.7 Å². The van der Waals surface area contributed by atoms with Gasteiger partial charge in [-0.05, 0) is 30.7 Å². The average Bonchev–Trinajstić information content (AvgIpc) is 2.20. The largest absolute Gasteiger partial charge is 0.481 e. The van der Waals surface area contributed by atoms with Crippen molar-refractivity contribution in [1.29, 1.82) is 0 Å². The van der Waals surface area contributed by atoms with E-state index in [-0.39, 0.29) is 5.69 Å². The molecule has 0 aliphatic carbocycles. The summed E-state index contributed by atoms with van der Waals surface area (Å²) in [7, 11) is -3.72. The van der Waals surface area contributed by atoms with Crippen LogP contribution in [0.1, 0.15) is 12.0 Å². The van der Waals surface area contributed by atoms with Crippen molar-refractivity contribution in [3.05, 3.63) is 29.6 Å². The molecule has 2 N–H and O–H groups in total. The van der Waals surface area contributed by atoms with E-state index in [1.807, 2.05) is 0 Å². The molecule has 0 saturated carbocycles. The maximum Gasteiger partial charge on any atom is 0.304 e. The van der Waals surface area contributed by atoms with Crippen LogP contribution in [0.25, 0.3) is 0 Å². The van der Waals surface area contributed by atoms with Gasteiger partial charge >= 0.3 is 5.97 Å². The number of nitrogens with one attached hydrogen (secondary N) is 1. The Labute approximate surface area is 98.3 Å². The highest BCUT2D eigenvalue weighted by atomic mass is 32.2. The van der Waals surface area contributed by atoms with Crippen LogP contribution in [0.3, 0.4) is 0 Å². The van der Waals surface area contributed by atoms with E-state index in [4.69, 9.17) is 5.11 Å². The van der Waals surface area contributed by atoms with Crippen LogP contribution < -0.4 is 4.72 Å². The van der Waals surface area contributed by atoms with Crippen LogP contribution in [0.2, 0.25) is 0 Å². The second-order valence-electron chi connectivity index (χ2n) is 3.52. The van der Waals surface area contributed by atoms with E-state index < -0.39 is 34.0 Å². The molecule has 1 aromatic rings. The number of carboxylic acid groups (broad SMARTS) is 1. The van der Waals surface area contributed by atoms with Gasteiger partial charge < -0.3 is 5.11 Å². The van der Waals surface area contributed by atoms with E-state index in [0.29, 0.717) is 5.56 Å². The zero-order chi connectivity index (χ0) is 13.1. The van der Waals surface area contributed by atoms with Crippen molar-refractivity contribution in [2.45, 2.75) is 13.3 Å². The minimum absolute atomic E-state index is 0.247. The Morgan fingerprint density at radius 1 is 1.47 bits per heavy atom. The molecule has 1 aromatic carbocycles. The van der Waals surface area contributed by atoms with Crippen LogP contribution in [-0.4, -0.2) is 25.2 Å². The molecule has 0 heterocycles. The van der Waals surface area contributed by atoms with E-state index in [2.05, 4.69) is 4.72 Å². The van der Waals surface area contributed by atoms with Crippen molar-refractivity contribution >= 4 is 21.7 Å². The van der Waals surface area contributed by atoms with E-state index in [9.17, 15) is 17.6 Å². The summed E-state index contributed by atoms with van der Waals surface area (Å²) >= 11 is 0. The number of hydrogen-bond acceptors (Lipinski definition) is 3. The number of halogens is 1. The molecule has 0 radical (unpaired) electrons. The van der Waals surface area contributed by atoms with Gasteiger partial charge in [-0.15, -0.1) is 0 Å². The number of carbonyl (C=O) groups is 1. The van der Waals surface area contributed by atoms with Crippen LogP contribution in [0, 0.1) is 12.7 Å². The first-order valence-corrected chi connectivity index (χ1v) is 6.44. The molecule has 17 heavy (non-hydrogen) atoms. The number of anilines is 1. The van der Waals surface area contributed by atoms with Crippen molar-refractivity contribution in [1.82, 2.24) is 0 Å². The number of rotatable bonds is 5. The molecule has 0 amide bonds. The first-order valence-electron chi connectivity index (χ1n) is 4.78. The SMILES string of the molecule is Cc1cc(F)ccc1NS(=O)(=O)CCC(=O)O. The molecular formula is C10H12FNO4S. The minimum atomic E-state index is -3.72. The predicted molar refractivity (Wildman–Crippen MR) is 60.8 cm³/mol. The minimum Gasteiger partial charge on any atom is -0.481 e. The van der Waals surface area contributed by atoms with Crippen LogP contribution in [-0.2, 0) is 14.8 Å². The Balaban J connectivity index is 2.79. The third-order valence-corrected chi connectivity index (χ3v) is 3.31. The molecular weight excluding hydrogens is 249 g/mol. The van der Waals surface area contributed by atoms with Gasteiger partial charge in [0.25, 0.3) is 0 Å². The predicted octanol–water partition coefficient (Wildman–Crippen LogP) is 1.35. The summed E-state index contributed by atoms with van der Waals surface area (Å²) in [6.07, 6.45) is -0.477. The van der Waals surface area contributed by atoms with Gasteiger partial charge in [0.1, 0.15) is 5.82 Å². The maximum atomic E-state index is 12.8. The Bertz CT molecular complexity index is 527. The molecule has 0 aliphatic heterocycles. The smallest absolute Gasteiger partial charge is 0.304 e. The fourth-order valence-corrected chi connectivity index (χ4v) is 2.29. The molecule has 1 rings (SSSR count). The van der Waals surface area contributed by atoms with Crippen molar-refractivity contribution in [3.63, 3.8) is 0 Å².